The minimum atomic E-state index is -3.43. The van der Waals surface area contributed by atoms with Crippen LogP contribution >= 0.6 is 0 Å². The van der Waals surface area contributed by atoms with Gasteiger partial charge in [-0.1, -0.05) is 6.92 Å². The van der Waals surface area contributed by atoms with Crippen molar-refractivity contribution in [1.29, 1.82) is 0 Å². The zero-order valence-corrected chi connectivity index (χ0v) is 13.4. The molecule has 5 nitrogen and oxygen atoms in total. The Balaban J connectivity index is 1.93. The molecular weight excluding hydrogens is 286 g/mol. The Bertz CT molecular complexity index is 636. The van der Waals surface area contributed by atoms with Crippen molar-refractivity contribution >= 4 is 21.6 Å². The van der Waals surface area contributed by atoms with Crippen molar-refractivity contribution in [3.63, 3.8) is 0 Å². The van der Waals surface area contributed by atoms with E-state index >= 15 is 0 Å². The Morgan fingerprint density at radius 2 is 1.86 bits per heavy atom. The van der Waals surface area contributed by atoms with Gasteiger partial charge in [-0.25, -0.2) is 0 Å². The fraction of sp³-hybridized carbons (Fsp3) is 0.600. The Kier molecular flexibility index (Phi) is 3.61. The maximum Gasteiger partial charge on any atom is 0.304 e. The highest BCUT2D eigenvalue weighted by molar-refractivity contribution is 7.90. The third-order valence-corrected chi connectivity index (χ3v) is 6.65. The van der Waals surface area contributed by atoms with E-state index in [1.165, 1.54) is 0 Å². The van der Waals surface area contributed by atoms with Crippen LogP contribution in [0.5, 0.6) is 0 Å². The standard InChI is InChI=1S/C15H23N3O2S/c1-11-5-7-17(8-6-11)21(19,20)18-12(2)9-13-10-14(16)3-4-15(13)18/h3-4,10-12H,5-9,16H2,1-2H3. The second kappa shape index (κ2) is 5.18. The van der Waals surface area contributed by atoms with E-state index in [2.05, 4.69) is 6.92 Å². The number of benzene rings is 1. The van der Waals surface area contributed by atoms with Crippen LogP contribution in [0.1, 0.15) is 32.3 Å². The first-order valence-corrected chi connectivity index (χ1v) is 8.97. The van der Waals surface area contributed by atoms with E-state index in [0.717, 1.165) is 30.5 Å². The zero-order chi connectivity index (χ0) is 15.2. The Morgan fingerprint density at radius 1 is 1.19 bits per heavy atom. The molecule has 21 heavy (non-hydrogen) atoms. The van der Waals surface area contributed by atoms with E-state index in [1.807, 2.05) is 19.1 Å². The molecule has 1 aromatic carbocycles. The summed E-state index contributed by atoms with van der Waals surface area (Å²) < 4.78 is 29.2. The van der Waals surface area contributed by atoms with Gasteiger partial charge in [0, 0.05) is 24.8 Å². The monoisotopic (exact) mass is 309 g/mol. The normalized spacial score (nSPS) is 24.3. The topological polar surface area (TPSA) is 66.6 Å². The van der Waals surface area contributed by atoms with Crippen LogP contribution in [0.15, 0.2) is 18.2 Å². The molecule has 0 saturated carbocycles. The molecule has 1 saturated heterocycles. The molecule has 0 aromatic heterocycles. The highest BCUT2D eigenvalue weighted by atomic mass is 32.2. The van der Waals surface area contributed by atoms with E-state index in [1.54, 1.807) is 14.7 Å². The Labute approximate surface area is 126 Å². The molecule has 6 heteroatoms. The number of fused-ring (bicyclic) bond motifs is 1. The van der Waals surface area contributed by atoms with Crippen molar-refractivity contribution in [2.45, 2.75) is 39.2 Å². The van der Waals surface area contributed by atoms with E-state index in [-0.39, 0.29) is 6.04 Å². The molecule has 2 N–H and O–H groups in total. The van der Waals surface area contributed by atoms with Gasteiger partial charge in [-0.15, -0.1) is 0 Å². The van der Waals surface area contributed by atoms with Crippen LogP contribution in [0.25, 0.3) is 0 Å². The molecule has 116 valence electrons. The quantitative estimate of drug-likeness (QED) is 0.850. The zero-order valence-electron chi connectivity index (χ0n) is 12.6. The van der Waals surface area contributed by atoms with Gasteiger partial charge in [0.1, 0.15) is 0 Å². The first-order valence-electron chi connectivity index (χ1n) is 7.57. The lowest BCUT2D eigenvalue weighted by atomic mass is 10.0. The van der Waals surface area contributed by atoms with Crippen LogP contribution in [0.3, 0.4) is 0 Å². The summed E-state index contributed by atoms with van der Waals surface area (Å²) in [5, 5.41) is 0. The van der Waals surface area contributed by atoms with Gasteiger partial charge in [0.2, 0.25) is 0 Å². The van der Waals surface area contributed by atoms with Crippen LogP contribution in [-0.4, -0.2) is 31.9 Å². The Hall–Kier alpha value is -1.27. The SMILES string of the molecule is CC1CCN(S(=O)(=O)N2c3ccc(N)cc3CC2C)CC1. The van der Waals surface area contributed by atoms with E-state index in [9.17, 15) is 8.42 Å². The summed E-state index contributed by atoms with van der Waals surface area (Å²) in [6.45, 7) is 5.38. The minimum Gasteiger partial charge on any atom is -0.399 e. The molecule has 1 aromatic rings. The predicted octanol–water partition coefficient (Wildman–Crippen LogP) is 2.00. The van der Waals surface area contributed by atoms with Gasteiger partial charge >= 0.3 is 10.2 Å². The van der Waals surface area contributed by atoms with Gasteiger partial charge in [-0.3, -0.25) is 4.31 Å². The molecule has 2 aliphatic heterocycles. The number of piperidine rings is 1. The fourth-order valence-corrected chi connectivity index (χ4v) is 5.19. The predicted molar refractivity (Wildman–Crippen MR) is 85.4 cm³/mol. The maximum absolute atomic E-state index is 13.0. The third kappa shape index (κ3) is 2.51. The van der Waals surface area contributed by atoms with Crippen molar-refractivity contribution in [2.75, 3.05) is 23.1 Å². The number of hydrogen-bond acceptors (Lipinski definition) is 3. The first-order chi connectivity index (χ1) is 9.89. The molecular formula is C15H23N3O2S. The number of hydrogen-bond donors (Lipinski definition) is 1. The lowest BCUT2D eigenvalue weighted by Gasteiger charge is -2.35. The number of nitrogens with zero attached hydrogens (tertiary/aromatic N) is 2. The van der Waals surface area contributed by atoms with Crippen molar-refractivity contribution in [2.24, 2.45) is 5.92 Å². The van der Waals surface area contributed by atoms with Crippen molar-refractivity contribution in [3.8, 4) is 0 Å². The smallest absolute Gasteiger partial charge is 0.304 e. The fourth-order valence-electron chi connectivity index (χ4n) is 3.31. The summed E-state index contributed by atoms with van der Waals surface area (Å²) in [5.74, 6) is 0.611. The average Bonchev–Trinajstić information content (AvgIpc) is 2.74. The van der Waals surface area contributed by atoms with Gasteiger partial charge in [-0.2, -0.15) is 12.7 Å². The van der Waals surface area contributed by atoms with Gasteiger partial charge in [0.15, 0.2) is 0 Å². The first kappa shape index (κ1) is 14.7. The largest absolute Gasteiger partial charge is 0.399 e. The number of rotatable bonds is 2. The lowest BCUT2D eigenvalue weighted by molar-refractivity contribution is 0.286. The summed E-state index contributed by atoms with van der Waals surface area (Å²) >= 11 is 0. The lowest BCUT2D eigenvalue weighted by Crippen LogP contribution is -2.49. The molecule has 2 heterocycles. The van der Waals surface area contributed by atoms with E-state index in [4.69, 9.17) is 5.73 Å². The summed E-state index contributed by atoms with van der Waals surface area (Å²) in [6, 6.07) is 5.45. The second-order valence-electron chi connectivity index (χ2n) is 6.33. The number of anilines is 2. The van der Waals surface area contributed by atoms with Gasteiger partial charge in [0.05, 0.1) is 5.69 Å². The summed E-state index contributed by atoms with van der Waals surface area (Å²) in [6.07, 6.45) is 2.61. The number of nitrogens with two attached hydrogens (primary N) is 1. The molecule has 0 spiro atoms. The minimum absolute atomic E-state index is 0.0499. The second-order valence-corrected chi connectivity index (χ2v) is 8.13. The molecule has 0 amide bonds. The molecule has 1 unspecified atom stereocenters. The summed E-state index contributed by atoms with van der Waals surface area (Å²) in [4.78, 5) is 0. The highest BCUT2D eigenvalue weighted by Gasteiger charge is 2.39. The van der Waals surface area contributed by atoms with Crippen LogP contribution in [-0.2, 0) is 16.6 Å². The van der Waals surface area contributed by atoms with Crippen LogP contribution in [0, 0.1) is 5.92 Å². The van der Waals surface area contributed by atoms with E-state index < -0.39 is 10.2 Å². The van der Waals surface area contributed by atoms with Crippen molar-refractivity contribution < 1.29 is 8.42 Å². The number of nitrogen functional groups attached to an aromatic ring is 1. The van der Waals surface area contributed by atoms with Crippen LogP contribution in [0.4, 0.5) is 11.4 Å². The molecule has 0 radical (unpaired) electrons. The summed E-state index contributed by atoms with van der Waals surface area (Å²) in [7, 11) is -3.43. The van der Waals surface area contributed by atoms with Gasteiger partial charge in [-0.05, 0) is 55.9 Å². The van der Waals surface area contributed by atoms with Crippen molar-refractivity contribution in [3.05, 3.63) is 23.8 Å². The molecule has 0 bridgehead atoms. The van der Waals surface area contributed by atoms with Gasteiger partial charge in [0.25, 0.3) is 0 Å². The highest BCUT2D eigenvalue weighted by Crippen LogP contribution is 2.37. The van der Waals surface area contributed by atoms with E-state index in [0.29, 0.717) is 24.7 Å². The molecule has 1 atom stereocenters. The van der Waals surface area contributed by atoms with Crippen LogP contribution in [0.2, 0.25) is 0 Å². The summed E-state index contributed by atoms with van der Waals surface area (Å²) in [5.41, 5.74) is 8.31. The van der Waals surface area contributed by atoms with Crippen LogP contribution < -0.4 is 10.0 Å². The molecule has 2 aliphatic rings. The molecule has 1 fully saturated rings. The van der Waals surface area contributed by atoms with Gasteiger partial charge < -0.3 is 5.73 Å². The Morgan fingerprint density at radius 3 is 2.52 bits per heavy atom. The third-order valence-electron chi connectivity index (χ3n) is 4.57. The van der Waals surface area contributed by atoms with Crippen molar-refractivity contribution in [1.82, 2.24) is 4.31 Å². The average molecular weight is 309 g/mol. The molecule has 0 aliphatic carbocycles. The maximum atomic E-state index is 13.0. The molecule has 3 rings (SSSR count).